The van der Waals surface area contributed by atoms with Crippen LogP contribution in [-0.4, -0.2) is 47.1 Å². The van der Waals surface area contributed by atoms with Crippen molar-refractivity contribution < 1.29 is 0 Å². The molecule has 0 saturated carbocycles. The number of aromatic amines is 1. The fraction of sp³-hybridized carbons (Fsp3) is 0.462. The lowest BCUT2D eigenvalue weighted by Gasteiger charge is -2.33. The van der Waals surface area contributed by atoms with Gasteiger partial charge in [-0.1, -0.05) is 6.07 Å². The summed E-state index contributed by atoms with van der Waals surface area (Å²) in [4.78, 5) is 12.7. The van der Waals surface area contributed by atoms with E-state index >= 15 is 0 Å². The van der Waals surface area contributed by atoms with Gasteiger partial charge in [-0.15, -0.1) is 0 Å². The van der Waals surface area contributed by atoms with Crippen LogP contribution in [0.25, 0.3) is 11.0 Å². The van der Waals surface area contributed by atoms with Crippen molar-refractivity contribution in [3.05, 3.63) is 24.5 Å². The lowest BCUT2D eigenvalue weighted by atomic mass is 10.2. The zero-order chi connectivity index (χ0) is 11.4. The second kappa shape index (κ2) is 3.23. The SMILES string of the molecule is CN1CC2CC1CN2c1cccc2[nH]cnc12. The molecule has 0 radical (unpaired) electrons. The Hall–Kier alpha value is -1.55. The van der Waals surface area contributed by atoms with Gasteiger partial charge in [0.05, 0.1) is 17.5 Å². The minimum Gasteiger partial charge on any atom is -0.364 e. The molecule has 1 aromatic heterocycles. The number of nitrogens with zero attached hydrogens (tertiary/aromatic N) is 3. The van der Waals surface area contributed by atoms with Gasteiger partial charge in [0, 0.05) is 25.2 Å². The molecule has 2 atom stereocenters. The van der Waals surface area contributed by atoms with E-state index in [0.717, 1.165) is 23.6 Å². The average Bonchev–Trinajstić information content (AvgIpc) is 3.01. The molecule has 0 aliphatic carbocycles. The lowest BCUT2D eigenvalue weighted by Crippen LogP contribution is -2.44. The number of aromatic nitrogens is 2. The van der Waals surface area contributed by atoms with Crippen LogP contribution in [0.2, 0.25) is 0 Å². The summed E-state index contributed by atoms with van der Waals surface area (Å²) in [7, 11) is 2.23. The van der Waals surface area contributed by atoms with Gasteiger partial charge in [-0.2, -0.15) is 0 Å². The van der Waals surface area contributed by atoms with Crippen molar-refractivity contribution in [1.82, 2.24) is 14.9 Å². The summed E-state index contributed by atoms with van der Waals surface area (Å²) in [5.74, 6) is 0. The molecule has 2 aromatic rings. The van der Waals surface area contributed by atoms with Crippen LogP contribution in [0, 0.1) is 0 Å². The van der Waals surface area contributed by atoms with Gasteiger partial charge in [-0.05, 0) is 25.6 Å². The first kappa shape index (κ1) is 9.48. The largest absolute Gasteiger partial charge is 0.364 e. The molecule has 3 heterocycles. The third-order valence-electron chi connectivity index (χ3n) is 4.25. The van der Waals surface area contributed by atoms with E-state index in [4.69, 9.17) is 0 Å². The summed E-state index contributed by atoms with van der Waals surface area (Å²) in [6.07, 6.45) is 3.09. The molecule has 2 bridgehead atoms. The lowest BCUT2D eigenvalue weighted by molar-refractivity contribution is 0.293. The van der Waals surface area contributed by atoms with E-state index < -0.39 is 0 Å². The van der Waals surface area contributed by atoms with E-state index in [9.17, 15) is 0 Å². The summed E-state index contributed by atoms with van der Waals surface area (Å²) in [5, 5.41) is 0. The van der Waals surface area contributed by atoms with Crippen LogP contribution in [-0.2, 0) is 0 Å². The monoisotopic (exact) mass is 228 g/mol. The van der Waals surface area contributed by atoms with Gasteiger partial charge in [0.25, 0.3) is 0 Å². The second-order valence-corrected chi connectivity index (χ2v) is 5.21. The summed E-state index contributed by atoms with van der Waals surface area (Å²) >= 11 is 0. The van der Waals surface area contributed by atoms with E-state index in [-0.39, 0.29) is 0 Å². The number of fused-ring (bicyclic) bond motifs is 3. The Morgan fingerprint density at radius 1 is 1.29 bits per heavy atom. The molecular formula is C13H16N4. The van der Waals surface area contributed by atoms with Crippen LogP contribution >= 0.6 is 0 Å². The van der Waals surface area contributed by atoms with Gasteiger partial charge in [0.15, 0.2) is 0 Å². The van der Waals surface area contributed by atoms with Crippen molar-refractivity contribution in [3.8, 4) is 0 Å². The summed E-state index contributed by atoms with van der Waals surface area (Å²) < 4.78 is 0. The maximum absolute atomic E-state index is 4.46. The minimum absolute atomic E-state index is 0.673. The maximum Gasteiger partial charge on any atom is 0.112 e. The Bertz CT molecular complexity index is 559. The Balaban J connectivity index is 1.78. The quantitative estimate of drug-likeness (QED) is 0.802. The minimum atomic E-state index is 0.673. The summed E-state index contributed by atoms with van der Waals surface area (Å²) in [6.45, 7) is 2.33. The predicted molar refractivity (Wildman–Crippen MR) is 68.3 cm³/mol. The number of benzene rings is 1. The third kappa shape index (κ3) is 1.24. The summed E-state index contributed by atoms with van der Waals surface area (Å²) in [6, 6.07) is 7.81. The predicted octanol–water partition coefficient (Wildman–Crippen LogP) is 1.46. The molecule has 2 unspecified atom stereocenters. The second-order valence-electron chi connectivity index (χ2n) is 5.21. The number of H-pyrrole nitrogens is 1. The van der Waals surface area contributed by atoms with Crippen LogP contribution in [0.3, 0.4) is 0 Å². The molecule has 2 fully saturated rings. The highest BCUT2D eigenvalue weighted by Crippen LogP contribution is 2.36. The number of likely N-dealkylation sites (tertiary alicyclic amines) is 1. The number of nitrogens with one attached hydrogen (secondary N) is 1. The topological polar surface area (TPSA) is 35.2 Å². The Morgan fingerprint density at radius 2 is 2.24 bits per heavy atom. The fourth-order valence-electron chi connectivity index (χ4n) is 3.34. The number of imidazole rings is 1. The highest BCUT2D eigenvalue weighted by molar-refractivity contribution is 5.88. The standard InChI is InChI=1S/C13H16N4/c1-16-6-10-5-9(16)7-17(10)12-4-2-3-11-13(12)15-8-14-11/h2-4,8-10H,5-7H2,1H3,(H,14,15). The van der Waals surface area contributed by atoms with Gasteiger partial charge in [-0.25, -0.2) is 4.98 Å². The number of para-hydroxylation sites is 1. The molecule has 17 heavy (non-hydrogen) atoms. The van der Waals surface area contributed by atoms with E-state index in [1.165, 1.54) is 18.7 Å². The number of likely N-dealkylation sites (N-methyl/N-ethyl adjacent to an activating group) is 1. The van der Waals surface area contributed by atoms with E-state index in [2.05, 4.69) is 45.0 Å². The molecule has 0 spiro atoms. The number of piperazine rings is 1. The molecule has 4 nitrogen and oxygen atoms in total. The van der Waals surface area contributed by atoms with Crippen LogP contribution in [0.5, 0.6) is 0 Å². The normalized spacial score (nSPS) is 28.4. The Labute approximate surface area is 100 Å². The molecule has 0 amide bonds. The number of rotatable bonds is 1. The molecular weight excluding hydrogens is 212 g/mol. The van der Waals surface area contributed by atoms with Crippen molar-refractivity contribution in [3.63, 3.8) is 0 Å². The van der Waals surface area contributed by atoms with Gasteiger partial charge in [-0.3, -0.25) is 4.90 Å². The highest BCUT2D eigenvalue weighted by atomic mass is 15.3. The molecule has 88 valence electrons. The van der Waals surface area contributed by atoms with Crippen molar-refractivity contribution in [1.29, 1.82) is 0 Å². The number of hydrogen-bond donors (Lipinski definition) is 1. The first-order chi connectivity index (χ1) is 8.33. The Morgan fingerprint density at radius 3 is 3.00 bits per heavy atom. The van der Waals surface area contributed by atoms with Crippen molar-refractivity contribution in [2.45, 2.75) is 18.5 Å². The zero-order valence-corrected chi connectivity index (χ0v) is 9.93. The van der Waals surface area contributed by atoms with E-state index in [1.54, 1.807) is 6.33 Å². The summed E-state index contributed by atoms with van der Waals surface area (Å²) in [5.41, 5.74) is 3.55. The smallest absolute Gasteiger partial charge is 0.112 e. The maximum atomic E-state index is 4.46. The van der Waals surface area contributed by atoms with Crippen molar-refractivity contribution >= 4 is 16.7 Å². The number of anilines is 1. The number of hydrogen-bond acceptors (Lipinski definition) is 3. The van der Waals surface area contributed by atoms with E-state index in [0.29, 0.717) is 6.04 Å². The average molecular weight is 228 g/mol. The first-order valence-corrected chi connectivity index (χ1v) is 6.22. The van der Waals surface area contributed by atoms with E-state index in [1.807, 2.05) is 0 Å². The first-order valence-electron chi connectivity index (χ1n) is 6.22. The van der Waals surface area contributed by atoms with Gasteiger partial charge in [0.1, 0.15) is 5.52 Å². The van der Waals surface area contributed by atoms with Gasteiger partial charge in [0.2, 0.25) is 0 Å². The molecule has 2 aliphatic rings. The van der Waals surface area contributed by atoms with Crippen LogP contribution < -0.4 is 4.90 Å². The van der Waals surface area contributed by atoms with Crippen molar-refractivity contribution in [2.75, 3.05) is 25.0 Å². The molecule has 1 aromatic carbocycles. The molecule has 4 heteroatoms. The molecule has 4 rings (SSSR count). The third-order valence-corrected chi connectivity index (χ3v) is 4.25. The van der Waals surface area contributed by atoms with Crippen LogP contribution in [0.1, 0.15) is 6.42 Å². The fourth-order valence-corrected chi connectivity index (χ4v) is 3.34. The van der Waals surface area contributed by atoms with Crippen LogP contribution in [0.15, 0.2) is 24.5 Å². The van der Waals surface area contributed by atoms with Crippen LogP contribution in [0.4, 0.5) is 5.69 Å². The molecule has 2 aliphatic heterocycles. The van der Waals surface area contributed by atoms with Crippen molar-refractivity contribution in [2.24, 2.45) is 0 Å². The molecule has 1 N–H and O–H groups in total. The van der Waals surface area contributed by atoms with Gasteiger partial charge < -0.3 is 9.88 Å². The highest BCUT2D eigenvalue weighted by Gasteiger charge is 2.41. The zero-order valence-electron chi connectivity index (χ0n) is 9.93. The molecule has 2 saturated heterocycles. The van der Waals surface area contributed by atoms with Gasteiger partial charge >= 0.3 is 0 Å². The Kier molecular flexibility index (Phi) is 1.80.